The molecule has 0 bridgehead atoms. The van der Waals surface area contributed by atoms with Gasteiger partial charge in [0.25, 0.3) is 0 Å². The zero-order chi connectivity index (χ0) is 12.1. The van der Waals surface area contributed by atoms with Crippen molar-refractivity contribution in [3.8, 4) is 0 Å². The second-order valence-corrected chi connectivity index (χ2v) is 5.22. The van der Waals surface area contributed by atoms with Gasteiger partial charge in [0, 0.05) is 50.1 Å². The predicted octanol–water partition coefficient (Wildman–Crippen LogP) is 1.74. The lowest BCUT2D eigenvalue weighted by molar-refractivity contribution is -0.0159. The summed E-state index contributed by atoms with van der Waals surface area (Å²) >= 11 is 3.41. The van der Waals surface area contributed by atoms with E-state index in [1.54, 1.807) is 13.3 Å². The Morgan fingerprint density at radius 1 is 1.59 bits per heavy atom. The molecule has 1 aromatic rings. The fourth-order valence-electron chi connectivity index (χ4n) is 1.95. The quantitative estimate of drug-likeness (QED) is 0.899. The third-order valence-electron chi connectivity index (χ3n) is 3.04. The first-order chi connectivity index (χ1) is 8.24. The van der Waals surface area contributed by atoms with Crippen LogP contribution < -0.4 is 5.32 Å². The Morgan fingerprint density at radius 2 is 2.47 bits per heavy atom. The maximum atomic E-state index is 5.55. The van der Waals surface area contributed by atoms with Crippen molar-refractivity contribution in [3.05, 3.63) is 28.5 Å². The zero-order valence-electron chi connectivity index (χ0n) is 9.91. The fraction of sp³-hybridized carbons (Fsp3) is 0.583. The van der Waals surface area contributed by atoms with Gasteiger partial charge in [-0.2, -0.15) is 0 Å². The molecule has 5 heteroatoms. The van der Waals surface area contributed by atoms with Crippen molar-refractivity contribution in [1.82, 2.24) is 10.3 Å². The Morgan fingerprint density at radius 3 is 3.12 bits per heavy atom. The summed E-state index contributed by atoms with van der Waals surface area (Å²) in [4.78, 5) is 4.13. The Bertz CT molecular complexity index is 367. The van der Waals surface area contributed by atoms with Crippen LogP contribution >= 0.6 is 15.9 Å². The largest absolute Gasteiger partial charge is 0.378 e. The third-order valence-corrected chi connectivity index (χ3v) is 3.47. The van der Waals surface area contributed by atoms with Gasteiger partial charge >= 0.3 is 0 Å². The number of halogens is 1. The number of rotatable bonds is 5. The third kappa shape index (κ3) is 3.48. The molecule has 1 unspecified atom stereocenters. The summed E-state index contributed by atoms with van der Waals surface area (Å²) in [6, 6.07) is 2.06. The highest BCUT2D eigenvalue weighted by Gasteiger charge is 2.34. The van der Waals surface area contributed by atoms with Crippen LogP contribution in [-0.4, -0.2) is 37.5 Å². The SMILES string of the molecule is COC1(CNCc2cncc(Br)c2)CCOC1. The van der Waals surface area contributed by atoms with Crippen LogP contribution in [0.15, 0.2) is 22.9 Å². The first-order valence-corrected chi connectivity index (χ1v) is 6.46. The van der Waals surface area contributed by atoms with Gasteiger partial charge in [-0.1, -0.05) is 0 Å². The molecule has 0 saturated carbocycles. The first kappa shape index (κ1) is 13.0. The van der Waals surface area contributed by atoms with E-state index >= 15 is 0 Å². The average Bonchev–Trinajstić information content (AvgIpc) is 2.79. The molecule has 0 aliphatic carbocycles. The van der Waals surface area contributed by atoms with Gasteiger partial charge in [-0.3, -0.25) is 4.98 Å². The molecule has 1 aromatic heterocycles. The number of hydrogen-bond acceptors (Lipinski definition) is 4. The Kier molecular flexibility index (Phi) is 4.50. The summed E-state index contributed by atoms with van der Waals surface area (Å²) < 4.78 is 11.9. The molecule has 4 nitrogen and oxygen atoms in total. The number of aromatic nitrogens is 1. The van der Waals surface area contributed by atoms with Crippen LogP contribution in [-0.2, 0) is 16.0 Å². The van der Waals surface area contributed by atoms with Gasteiger partial charge in [0.05, 0.1) is 6.61 Å². The predicted molar refractivity (Wildman–Crippen MR) is 68.8 cm³/mol. The van der Waals surface area contributed by atoms with Crippen LogP contribution in [0.2, 0.25) is 0 Å². The molecule has 17 heavy (non-hydrogen) atoms. The van der Waals surface area contributed by atoms with E-state index in [1.807, 2.05) is 6.20 Å². The Hall–Kier alpha value is -0.490. The van der Waals surface area contributed by atoms with E-state index < -0.39 is 0 Å². The van der Waals surface area contributed by atoms with E-state index in [9.17, 15) is 0 Å². The van der Waals surface area contributed by atoms with Gasteiger partial charge in [-0.05, 0) is 27.6 Å². The van der Waals surface area contributed by atoms with Crippen molar-refractivity contribution in [2.24, 2.45) is 0 Å². The first-order valence-electron chi connectivity index (χ1n) is 5.67. The maximum Gasteiger partial charge on any atom is 0.106 e. The van der Waals surface area contributed by atoms with Gasteiger partial charge in [0.15, 0.2) is 0 Å². The standard InChI is InChI=1S/C12H17BrN2O2/c1-16-12(2-3-17-9-12)8-15-6-10-4-11(13)7-14-5-10/h4-5,7,15H,2-3,6,8-9H2,1H3. The monoisotopic (exact) mass is 300 g/mol. The highest BCUT2D eigenvalue weighted by atomic mass is 79.9. The number of pyridine rings is 1. The molecule has 1 aliphatic rings. The number of nitrogens with zero attached hydrogens (tertiary/aromatic N) is 1. The van der Waals surface area contributed by atoms with Gasteiger partial charge < -0.3 is 14.8 Å². The van der Waals surface area contributed by atoms with E-state index in [0.717, 1.165) is 36.2 Å². The van der Waals surface area contributed by atoms with Crippen molar-refractivity contribution in [3.63, 3.8) is 0 Å². The molecule has 1 atom stereocenters. The van der Waals surface area contributed by atoms with E-state index in [4.69, 9.17) is 9.47 Å². The van der Waals surface area contributed by atoms with Crippen molar-refractivity contribution in [2.45, 2.75) is 18.6 Å². The number of hydrogen-bond donors (Lipinski definition) is 1. The Balaban J connectivity index is 1.82. The zero-order valence-corrected chi connectivity index (χ0v) is 11.5. The molecule has 0 spiro atoms. The molecule has 94 valence electrons. The summed E-state index contributed by atoms with van der Waals surface area (Å²) in [5, 5.41) is 3.40. The Labute approximate surface area is 110 Å². The van der Waals surface area contributed by atoms with Crippen LogP contribution in [0.5, 0.6) is 0 Å². The molecule has 2 heterocycles. The van der Waals surface area contributed by atoms with Gasteiger partial charge in [-0.25, -0.2) is 0 Å². The highest BCUT2D eigenvalue weighted by molar-refractivity contribution is 9.10. The van der Waals surface area contributed by atoms with E-state index in [-0.39, 0.29) is 5.60 Å². The number of ether oxygens (including phenoxy) is 2. The number of nitrogens with one attached hydrogen (secondary N) is 1. The second kappa shape index (κ2) is 5.91. The topological polar surface area (TPSA) is 43.4 Å². The summed E-state index contributed by atoms with van der Waals surface area (Å²) in [6.45, 7) is 3.05. The summed E-state index contributed by atoms with van der Waals surface area (Å²) in [5.74, 6) is 0. The normalized spacial score (nSPS) is 24.1. The maximum absolute atomic E-state index is 5.55. The average molecular weight is 301 g/mol. The number of methoxy groups -OCH3 is 1. The fourth-order valence-corrected chi connectivity index (χ4v) is 2.36. The summed E-state index contributed by atoms with van der Waals surface area (Å²) in [5.41, 5.74) is 1.00. The molecule has 0 amide bonds. The van der Waals surface area contributed by atoms with Crippen LogP contribution in [0.4, 0.5) is 0 Å². The molecule has 1 fully saturated rings. The molecular weight excluding hydrogens is 284 g/mol. The van der Waals surface area contributed by atoms with Crippen LogP contribution in [0, 0.1) is 0 Å². The smallest absolute Gasteiger partial charge is 0.106 e. The van der Waals surface area contributed by atoms with Gasteiger partial charge in [-0.15, -0.1) is 0 Å². The molecule has 1 aliphatic heterocycles. The minimum absolute atomic E-state index is 0.153. The molecule has 2 rings (SSSR count). The van der Waals surface area contributed by atoms with Crippen LogP contribution in [0.3, 0.4) is 0 Å². The van der Waals surface area contributed by atoms with E-state index in [1.165, 1.54) is 0 Å². The van der Waals surface area contributed by atoms with Crippen LogP contribution in [0.25, 0.3) is 0 Å². The highest BCUT2D eigenvalue weighted by Crippen LogP contribution is 2.21. The van der Waals surface area contributed by atoms with Gasteiger partial charge in [0.1, 0.15) is 5.60 Å². The molecule has 1 N–H and O–H groups in total. The van der Waals surface area contributed by atoms with E-state index in [2.05, 4.69) is 32.3 Å². The second-order valence-electron chi connectivity index (χ2n) is 4.30. The molecular formula is C12H17BrN2O2. The lowest BCUT2D eigenvalue weighted by Gasteiger charge is -2.26. The lowest BCUT2D eigenvalue weighted by atomic mass is 10.0. The minimum Gasteiger partial charge on any atom is -0.378 e. The van der Waals surface area contributed by atoms with Crippen molar-refractivity contribution >= 4 is 15.9 Å². The van der Waals surface area contributed by atoms with Gasteiger partial charge in [0.2, 0.25) is 0 Å². The van der Waals surface area contributed by atoms with Crippen molar-refractivity contribution < 1.29 is 9.47 Å². The molecule has 0 radical (unpaired) electrons. The molecule has 1 saturated heterocycles. The van der Waals surface area contributed by atoms with Crippen molar-refractivity contribution in [2.75, 3.05) is 26.9 Å². The summed E-state index contributed by atoms with van der Waals surface area (Å²) in [7, 11) is 1.75. The minimum atomic E-state index is -0.153. The van der Waals surface area contributed by atoms with Crippen LogP contribution in [0.1, 0.15) is 12.0 Å². The molecule has 0 aromatic carbocycles. The lowest BCUT2D eigenvalue weighted by Crippen LogP contribution is -2.42. The summed E-state index contributed by atoms with van der Waals surface area (Å²) in [6.07, 6.45) is 4.60. The van der Waals surface area contributed by atoms with Crippen molar-refractivity contribution in [1.29, 1.82) is 0 Å². The van der Waals surface area contributed by atoms with E-state index in [0.29, 0.717) is 6.61 Å².